The zero-order valence-electron chi connectivity index (χ0n) is 21.3. The Bertz CT molecular complexity index is 1360. The number of piperidine rings is 1. The van der Waals surface area contributed by atoms with Crippen LogP contribution in [0, 0.1) is 11.6 Å². The van der Waals surface area contributed by atoms with Gasteiger partial charge in [-0.25, -0.2) is 13.8 Å². The van der Waals surface area contributed by atoms with E-state index in [2.05, 4.69) is 25.3 Å². The predicted octanol–water partition coefficient (Wildman–Crippen LogP) is 4.52. The summed E-state index contributed by atoms with van der Waals surface area (Å²) in [6.07, 6.45) is 5.22. The van der Waals surface area contributed by atoms with E-state index in [0.29, 0.717) is 42.5 Å². The van der Waals surface area contributed by atoms with Gasteiger partial charge in [0.2, 0.25) is 5.91 Å². The number of fused-ring (bicyclic) bond motifs is 2. The predicted molar refractivity (Wildman–Crippen MR) is 137 cm³/mol. The fourth-order valence-electron chi connectivity index (χ4n) is 4.99. The van der Waals surface area contributed by atoms with Crippen molar-refractivity contribution in [1.29, 1.82) is 0 Å². The Balaban J connectivity index is 1.26. The van der Waals surface area contributed by atoms with Gasteiger partial charge in [0.05, 0.1) is 17.9 Å². The number of amides is 1. The van der Waals surface area contributed by atoms with Crippen molar-refractivity contribution in [1.82, 2.24) is 14.9 Å². The quantitative estimate of drug-likeness (QED) is 0.363. The molecule has 38 heavy (non-hydrogen) atoms. The molecule has 1 amide bonds. The highest BCUT2D eigenvalue weighted by molar-refractivity contribution is 6.11. The number of pyridine rings is 2. The van der Waals surface area contributed by atoms with Crippen LogP contribution in [0.1, 0.15) is 54.6 Å². The summed E-state index contributed by atoms with van der Waals surface area (Å²) in [6, 6.07) is 9.32. The van der Waals surface area contributed by atoms with Crippen LogP contribution in [0.5, 0.6) is 0 Å². The second kappa shape index (κ2) is 10.9. The lowest BCUT2D eigenvalue weighted by Crippen LogP contribution is -2.42. The monoisotopic (exact) mass is 521 g/mol. The number of oxime groups is 1. The zero-order chi connectivity index (χ0) is 26.7. The van der Waals surface area contributed by atoms with E-state index in [1.165, 1.54) is 13.0 Å². The molecule has 8 nitrogen and oxygen atoms in total. The molecule has 0 atom stereocenters. The van der Waals surface area contributed by atoms with Crippen molar-refractivity contribution in [3.05, 3.63) is 88.4 Å². The molecule has 1 aromatic carbocycles. The van der Waals surface area contributed by atoms with Crippen LogP contribution in [-0.2, 0) is 33.1 Å². The van der Waals surface area contributed by atoms with Crippen LogP contribution < -0.4 is 5.32 Å². The normalized spacial score (nSPS) is 16.9. The van der Waals surface area contributed by atoms with Gasteiger partial charge in [-0.05, 0) is 61.2 Å². The minimum absolute atomic E-state index is 0.152. The van der Waals surface area contributed by atoms with Gasteiger partial charge >= 0.3 is 0 Å². The third kappa shape index (κ3) is 5.41. The van der Waals surface area contributed by atoms with Gasteiger partial charge in [0.25, 0.3) is 0 Å². The summed E-state index contributed by atoms with van der Waals surface area (Å²) in [5, 5.41) is 6.86. The zero-order valence-corrected chi connectivity index (χ0v) is 21.3. The molecule has 0 radical (unpaired) electrons. The number of hydrogen-bond donors (Lipinski definition) is 1. The first-order chi connectivity index (χ1) is 18.4. The summed E-state index contributed by atoms with van der Waals surface area (Å²) >= 11 is 0. The number of ether oxygens (including phenoxy) is 1. The molecule has 5 rings (SSSR count). The van der Waals surface area contributed by atoms with Crippen LogP contribution in [0.25, 0.3) is 0 Å². The van der Waals surface area contributed by atoms with E-state index >= 15 is 0 Å². The molecule has 2 aromatic heterocycles. The van der Waals surface area contributed by atoms with Crippen molar-refractivity contribution >= 4 is 17.4 Å². The molecule has 1 spiro atoms. The van der Waals surface area contributed by atoms with Gasteiger partial charge in [-0.1, -0.05) is 11.2 Å². The molecule has 3 aromatic rings. The topological polar surface area (TPSA) is 88.9 Å². The van der Waals surface area contributed by atoms with Crippen LogP contribution in [0.15, 0.2) is 53.9 Å². The number of carbonyl (C=O) groups excluding carboxylic acids is 1. The SMILES string of the molecule is CCON=C(c1ccc(F)c(F)c1)c1ccc(CN2CCC3(CC2)OCc2cnc(NC(C)=O)cc23)cn1. The number of halogens is 2. The number of carbonyl (C=O) groups is 1. The third-order valence-corrected chi connectivity index (χ3v) is 6.90. The highest BCUT2D eigenvalue weighted by Crippen LogP contribution is 2.44. The average molecular weight is 522 g/mol. The van der Waals surface area contributed by atoms with Gasteiger partial charge in [0.1, 0.15) is 18.1 Å². The van der Waals surface area contributed by atoms with Crippen molar-refractivity contribution < 1.29 is 23.1 Å². The summed E-state index contributed by atoms with van der Waals surface area (Å²) in [7, 11) is 0. The van der Waals surface area contributed by atoms with Crippen molar-refractivity contribution in [2.45, 2.75) is 45.4 Å². The molecular formula is C28H29F2N5O3. The maximum atomic E-state index is 13.8. The largest absolute Gasteiger partial charge is 0.396 e. The fraction of sp³-hybridized carbons (Fsp3) is 0.357. The minimum atomic E-state index is -0.956. The molecule has 2 aliphatic rings. The Morgan fingerprint density at radius 2 is 1.95 bits per heavy atom. The van der Waals surface area contributed by atoms with E-state index in [-0.39, 0.29) is 11.5 Å². The Morgan fingerprint density at radius 1 is 1.13 bits per heavy atom. The van der Waals surface area contributed by atoms with E-state index in [9.17, 15) is 13.6 Å². The maximum absolute atomic E-state index is 13.8. The molecule has 1 saturated heterocycles. The Hall–Kier alpha value is -3.76. The molecular weight excluding hydrogens is 492 g/mol. The highest BCUT2D eigenvalue weighted by atomic mass is 19.2. The molecule has 1 fully saturated rings. The number of aromatic nitrogens is 2. The number of benzene rings is 1. The van der Waals surface area contributed by atoms with Crippen molar-refractivity contribution in [2.75, 3.05) is 25.0 Å². The first kappa shape index (κ1) is 25.9. The summed E-state index contributed by atoms with van der Waals surface area (Å²) in [4.78, 5) is 27.9. The molecule has 10 heteroatoms. The molecule has 4 heterocycles. The first-order valence-corrected chi connectivity index (χ1v) is 12.6. The standard InChI is InChI=1S/C28H29F2N5O3/c1-3-38-34-27(20-5-6-23(29)24(30)12-20)25-7-4-19(14-31-25)16-35-10-8-28(9-11-35)22-13-26(33-18(2)36)32-15-21(22)17-37-28/h4-7,12-15H,3,8-11,16-17H2,1-2H3,(H,32,33,36). The summed E-state index contributed by atoms with van der Waals surface area (Å²) in [5.41, 5.74) is 4.06. The van der Waals surface area contributed by atoms with Crippen molar-refractivity contribution in [3.63, 3.8) is 0 Å². The Labute approximate surface area is 219 Å². The number of nitrogens with one attached hydrogen (secondary N) is 1. The van der Waals surface area contributed by atoms with Crippen molar-refractivity contribution in [3.8, 4) is 0 Å². The van der Waals surface area contributed by atoms with E-state index in [1.807, 2.05) is 18.2 Å². The van der Waals surface area contributed by atoms with Crippen LogP contribution in [0.4, 0.5) is 14.6 Å². The lowest BCUT2D eigenvalue weighted by Gasteiger charge is -2.39. The lowest BCUT2D eigenvalue weighted by molar-refractivity contribution is -0.114. The van der Waals surface area contributed by atoms with E-state index in [4.69, 9.17) is 9.57 Å². The van der Waals surface area contributed by atoms with Gasteiger partial charge < -0.3 is 14.9 Å². The lowest BCUT2D eigenvalue weighted by atomic mass is 9.84. The van der Waals surface area contributed by atoms with E-state index in [0.717, 1.165) is 54.8 Å². The maximum Gasteiger partial charge on any atom is 0.222 e. The van der Waals surface area contributed by atoms with Gasteiger partial charge in [-0.15, -0.1) is 0 Å². The van der Waals surface area contributed by atoms with Crippen LogP contribution in [0.3, 0.4) is 0 Å². The number of nitrogens with zero attached hydrogens (tertiary/aromatic N) is 4. The smallest absolute Gasteiger partial charge is 0.222 e. The van der Waals surface area contributed by atoms with Gasteiger partial charge in [0, 0.05) is 50.1 Å². The highest BCUT2D eigenvalue weighted by Gasteiger charge is 2.43. The third-order valence-electron chi connectivity index (χ3n) is 6.90. The Kier molecular flexibility index (Phi) is 7.44. The Morgan fingerprint density at radius 3 is 2.63 bits per heavy atom. The second-order valence-corrected chi connectivity index (χ2v) is 9.51. The number of likely N-dealkylation sites (tertiary alicyclic amines) is 1. The summed E-state index contributed by atoms with van der Waals surface area (Å²) < 4.78 is 33.5. The average Bonchev–Trinajstić information content (AvgIpc) is 3.25. The van der Waals surface area contributed by atoms with Crippen molar-refractivity contribution in [2.24, 2.45) is 5.16 Å². The molecule has 2 aliphatic heterocycles. The molecule has 0 unspecified atom stereocenters. The van der Waals surface area contributed by atoms with Gasteiger partial charge in [0.15, 0.2) is 11.6 Å². The summed E-state index contributed by atoms with van der Waals surface area (Å²) in [6.45, 7) is 6.51. The van der Waals surface area contributed by atoms with Crippen LogP contribution >= 0.6 is 0 Å². The summed E-state index contributed by atoms with van der Waals surface area (Å²) in [5.74, 6) is -1.48. The fourth-order valence-corrected chi connectivity index (χ4v) is 4.99. The van der Waals surface area contributed by atoms with E-state index in [1.54, 1.807) is 19.3 Å². The van der Waals surface area contributed by atoms with Crippen LogP contribution in [0.2, 0.25) is 0 Å². The number of hydrogen-bond acceptors (Lipinski definition) is 7. The minimum Gasteiger partial charge on any atom is -0.396 e. The molecule has 0 aliphatic carbocycles. The molecule has 198 valence electrons. The first-order valence-electron chi connectivity index (χ1n) is 12.6. The second-order valence-electron chi connectivity index (χ2n) is 9.51. The number of rotatable bonds is 7. The molecule has 0 bridgehead atoms. The van der Waals surface area contributed by atoms with E-state index < -0.39 is 11.6 Å². The van der Waals surface area contributed by atoms with Gasteiger partial charge in [-0.2, -0.15) is 0 Å². The number of anilines is 1. The van der Waals surface area contributed by atoms with Gasteiger partial charge in [-0.3, -0.25) is 14.7 Å². The van der Waals surface area contributed by atoms with Crippen LogP contribution in [-0.4, -0.2) is 46.2 Å². The molecule has 1 N–H and O–H groups in total. The molecule has 0 saturated carbocycles.